The molecular weight excluding hydrogens is 276 g/mol. The Kier molecular flexibility index (Phi) is 2.79. The van der Waals surface area contributed by atoms with Crippen LogP contribution in [0, 0.1) is 6.92 Å². The number of para-hydroxylation sites is 1. The van der Waals surface area contributed by atoms with E-state index in [0.29, 0.717) is 11.9 Å². The molecule has 22 heavy (non-hydrogen) atoms. The molecule has 0 aliphatic heterocycles. The molecule has 108 valence electrons. The van der Waals surface area contributed by atoms with Crippen LogP contribution in [-0.2, 0) is 6.54 Å². The van der Waals surface area contributed by atoms with Crippen LogP contribution < -0.4 is 10.1 Å². The summed E-state index contributed by atoms with van der Waals surface area (Å²) in [5.74, 6) is 0. The van der Waals surface area contributed by atoms with Crippen LogP contribution in [0.25, 0.3) is 16.6 Å². The van der Waals surface area contributed by atoms with Gasteiger partial charge in [0.2, 0.25) is 6.20 Å². The van der Waals surface area contributed by atoms with Crippen LogP contribution in [0.4, 0.5) is 0 Å². The second kappa shape index (κ2) is 4.80. The van der Waals surface area contributed by atoms with Crippen molar-refractivity contribution in [1.82, 2.24) is 14.9 Å². The molecule has 5 heteroatoms. The van der Waals surface area contributed by atoms with E-state index < -0.39 is 0 Å². The third-order valence-electron chi connectivity index (χ3n) is 3.89. The highest BCUT2D eigenvalue weighted by Crippen LogP contribution is 2.10. The topological polar surface area (TPSA) is 54.8 Å². The number of aromatic amines is 1. The minimum Gasteiger partial charge on any atom is -0.250 e. The highest BCUT2D eigenvalue weighted by atomic mass is 16.1. The van der Waals surface area contributed by atoms with Gasteiger partial charge in [0.25, 0.3) is 5.65 Å². The molecule has 0 atom stereocenters. The molecule has 0 aliphatic carbocycles. The molecule has 2 aromatic heterocycles. The van der Waals surface area contributed by atoms with Crippen molar-refractivity contribution in [3.8, 4) is 0 Å². The Balaban J connectivity index is 2.01. The van der Waals surface area contributed by atoms with Crippen LogP contribution in [0.3, 0.4) is 0 Å². The fourth-order valence-electron chi connectivity index (χ4n) is 2.87. The van der Waals surface area contributed by atoms with Gasteiger partial charge in [-0.15, -0.1) is 9.73 Å². The van der Waals surface area contributed by atoms with Crippen LogP contribution in [-0.4, -0.2) is 14.9 Å². The fraction of sp³-hybridized carbons (Fsp3) is 0.118. The SMILES string of the molecule is Cc1cccc(Cn2c(=O)c3ccccc3[n+]3[nH]ncc23)c1. The first-order valence-electron chi connectivity index (χ1n) is 7.16. The van der Waals surface area contributed by atoms with Gasteiger partial charge in [-0.2, -0.15) is 0 Å². The summed E-state index contributed by atoms with van der Waals surface area (Å²) >= 11 is 0. The maximum atomic E-state index is 12.8. The number of hydrogen-bond donors (Lipinski definition) is 1. The van der Waals surface area contributed by atoms with Crippen LogP contribution in [0.5, 0.6) is 0 Å². The molecule has 0 saturated carbocycles. The highest BCUT2D eigenvalue weighted by molar-refractivity contribution is 5.75. The molecule has 0 saturated heterocycles. The number of aromatic nitrogens is 4. The third kappa shape index (κ3) is 1.90. The molecule has 0 amide bonds. The zero-order valence-corrected chi connectivity index (χ0v) is 12.2. The normalized spacial score (nSPS) is 11.3. The van der Waals surface area contributed by atoms with E-state index in [1.807, 2.05) is 40.9 Å². The van der Waals surface area contributed by atoms with Gasteiger partial charge in [0, 0.05) is 0 Å². The number of aryl methyl sites for hydroxylation is 1. The van der Waals surface area contributed by atoms with Crippen molar-refractivity contribution in [2.75, 3.05) is 0 Å². The van der Waals surface area contributed by atoms with Crippen molar-refractivity contribution in [2.45, 2.75) is 13.5 Å². The summed E-state index contributed by atoms with van der Waals surface area (Å²) in [5, 5.41) is 7.70. The average molecular weight is 291 g/mol. The molecule has 0 unspecified atom stereocenters. The number of nitrogens with one attached hydrogen (secondary N) is 1. The first-order valence-corrected chi connectivity index (χ1v) is 7.16. The lowest BCUT2D eigenvalue weighted by Crippen LogP contribution is -2.35. The quantitative estimate of drug-likeness (QED) is 0.573. The molecule has 4 rings (SSSR count). The summed E-state index contributed by atoms with van der Waals surface area (Å²) in [6.07, 6.45) is 1.68. The van der Waals surface area contributed by atoms with Gasteiger partial charge in [-0.25, -0.2) is 4.57 Å². The molecule has 0 bridgehead atoms. The lowest BCUT2D eigenvalue weighted by molar-refractivity contribution is -0.557. The van der Waals surface area contributed by atoms with E-state index in [2.05, 4.69) is 29.4 Å². The first kappa shape index (κ1) is 12.8. The van der Waals surface area contributed by atoms with E-state index in [1.54, 1.807) is 10.8 Å². The zero-order valence-electron chi connectivity index (χ0n) is 12.2. The number of rotatable bonds is 2. The van der Waals surface area contributed by atoms with Gasteiger partial charge in [-0.1, -0.05) is 42.0 Å². The van der Waals surface area contributed by atoms with Gasteiger partial charge in [-0.3, -0.25) is 4.79 Å². The van der Waals surface area contributed by atoms with Crippen molar-refractivity contribution in [3.63, 3.8) is 0 Å². The van der Waals surface area contributed by atoms with Gasteiger partial charge >= 0.3 is 5.56 Å². The molecular formula is C17H15N4O+. The second-order valence-electron chi connectivity index (χ2n) is 5.45. The molecule has 0 fully saturated rings. The Morgan fingerprint density at radius 2 is 2.05 bits per heavy atom. The molecule has 2 aromatic carbocycles. The Hall–Kier alpha value is -2.95. The first-order chi connectivity index (χ1) is 10.7. The van der Waals surface area contributed by atoms with Crippen LogP contribution in [0.2, 0.25) is 0 Å². The number of benzene rings is 2. The van der Waals surface area contributed by atoms with Crippen LogP contribution in [0.15, 0.2) is 59.5 Å². The van der Waals surface area contributed by atoms with E-state index in [4.69, 9.17) is 0 Å². The third-order valence-corrected chi connectivity index (χ3v) is 3.89. The number of nitrogens with zero attached hydrogens (tertiary/aromatic N) is 3. The lowest BCUT2D eigenvalue weighted by Gasteiger charge is -2.06. The Morgan fingerprint density at radius 3 is 2.91 bits per heavy atom. The lowest BCUT2D eigenvalue weighted by atomic mass is 10.1. The molecule has 0 aliphatic rings. The van der Waals surface area contributed by atoms with Crippen molar-refractivity contribution in [1.29, 1.82) is 0 Å². The van der Waals surface area contributed by atoms with E-state index in [1.165, 1.54) is 5.56 Å². The molecule has 4 aromatic rings. The van der Waals surface area contributed by atoms with Crippen molar-refractivity contribution in [3.05, 3.63) is 76.2 Å². The summed E-state index contributed by atoms with van der Waals surface area (Å²) in [6, 6.07) is 15.7. The van der Waals surface area contributed by atoms with Crippen molar-refractivity contribution < 1.29 is 4.52 Å². The van der Waals surface area contributed by atoms with Gasteiger partial charge in [0.15, 0.2) is 0 Å². The predicted octanol–water partition coefficient (Wildman–Crippen LogP) is 1.82. The van der Waals surface area contributed by atoms with Crippen molar-refractivity contribution in [2.24, 2.45) is 0 Å². The fourth-order valence-corrected chi connectivity index (χ4v) is 2.87. The van der Waals surface area contributed by atoms with E-state index in [9.17, 15) is 4.79 Å². The Labute approximate surface area is 126 Å². The minimum absolute atomic E-state index is 0.00138. The molecule has 0 spiro atoms. The largest absolute Gasteiger partial charge is 0.318 e. The van der Waals surface area contributed by atoms with Gasteiger partial charge in [0.1, 0.15) is 5.52 Å². The van der Waals surface area contributed by atoms with E-state index >= 15 is 0 Å². The summed E-state index contributed by atoms with van der Waals surface area (Å²) in [7, 11) is 0. The smallest absolute Gasteiger partial charge is 0.250 e. The Morgan fingerprint density at radius 1 is 1.18 bits per heavy atom. The standard InChI is InChI=1S/C17H14N4O/c1-12-5-4-6-13(9-12)11-20-16-10-18-19-21(16)15-8-3-2-7-14(15)17(20)22/h2-10H,11H2,1H3/p+1. The maximum absolute atomic E-state index is 12.8. The number of H-pyrrole nitrogens is 1. The van der Waals surface area contributed by atoms with E-state index in [-0.39, 0.29) is 5.56 Å². The average Bonchev–Trinajstić information content (AvgIpc) is 3.01. The molecule has 2 heterocycles. The molecule has 0 radical (unpaired) electrons. The summed E-state index contributed by atoms with van der Waals surface area (Å²) in [6.45, 7) is 2.57. The minimum atomic E-state index is -0.00138. The highest BCUT2D eigenvalue weighted by Gasteiger charge is 2.18. The van der Waals surface area contributed by atoms with Gasteiger partial charge < -0.3 is 0 Å². The zero-order chi connectivity index (χ0) is 15.1. The summed E-state index contributed by atoms with van der Waals surface area (Å²) in [5.41, 5.74) is 3.87. The van der Waals surface area contributed by atoms with Crippen LogP contribution >= 0.6 is 0 Å². The van der Waals surface area contributed by atoms with Gasteiger partial charge in [-0.05, 0) is 29.7 Å². The summed E-state index contributed by atoms with van der Waals surface area (Å²) < 4.78 is 3.59. The summed E-state index contributed by atoms with van der Waals surface area (Å²) in [4.78, 5) is 12.8. The van der Waals surface area contributed by atoms with E-state index in [0.717, 1.165) is 16.7 Å². The van der Waals surface area contributed by atoms with Crippen molar-refractivity contribution >= 4 is 16.6 Å². The second-order valence-corrected chi connectivity index (χ2v) is 5.45. The Bertz CT molecular complexity index is 1050. The maximum Gasteiger partial charge on any atom is 0.318 e. The van der Waals surface area contributed by atoms with Crippen LogP contribution in [0.1, 0.15) is 11.1 Å². The van der Waals surface area contributed by atoms with Gasteiger partial charge in [0.05, 0.1) is 11.9 Å². The molecule has 5 nitrogen and oxygen atoms in total. The molecule has 1 N–H and O–H groups in total. The predicted molar refractivity (Wildman–Crippen MR) is 83.8 cm³/mol. The number of hydrogen-bond acceptors (Lipinski definition) is 2. The monoisotopic (exact) mass is 291 g/mol. The number of fused-ring (bicyclic) bond motifs is 3.